The van der Waals surface area contributed by atoms with Crippen molar-refractivity contribution < 1.29 is 18.7 Å². The summed E-state index contributed by atoms with van der Waals surface area (Å²) in [6, 6.07) is 15.9. The molecule has 0 fully saturated rings. The molecule has 3 aromatic carbocycles. The number of carbonyl (C=O) groups excluding carboxylic acids is 1. The van der Waals surface area contributed by atoms with Crippen molar-refractivity contribution in [2.45, 2.75) is 52.5 Å². The molecule has 0 radical (unpaired) electrons. The molecular formula is C29H32FNO3. The van der Waals surface area contributed by atoms with Crippen LogP contribution in [-0.2, 0) is 22.4 Å². The summed E-state index contributed by atoms with van der Waals surface area (Å²) in [5, 5.41) is 3.52. The van der Waals surface area contributed by atoms with Crippen LogP contribution in [0.5, 0.6) is 5.75 Å². The average molecular weight is 462 g/mol. The van der Waals surface area contributed by atoms with Crippen LogP contribution in [0, 0.1) is 19.7 Å². The number of esters is 1. The van der Waals surface area contributed by atoms with Crippen LogP contribution in [0.3, 0.4) is 0 Å². The van der Waals surface area contributed by atoms with Crippen LogP contribution in [0.2, 0.25) is 0 Å². The Kier molecular flexibility index (Phi) is 7.20. The smallest absolute Gasteiger partial charge is 0.306 e. The molecule has 1 aliphatic rings. The fourth-order valence-electron chi connectivity index (χ4n) is 5.02. The zero-order valence-electron chi connectivity index (χ0n) is 20.3. The first-order valence-corrected chi connectivity index (χ1v) is 11.9. The molecule has 0 bridgehead atoms. The Morgan fingerprint density at radius 1 is 1.12 bits per heavy atom. The van der Waals surface area contributed by atoms with Crippen molar-refractivity contribution in [2.24, 2.45) is 0 Å². The van der Waals surface area contributed by atoms with E-state index >= 15 is 0 Å². The Labute approximate surface area is 201 Å². The van der Waals surface area contributed by atoms with Crippen molar-refractivity contribution >= 4 is 11.7 Å². The molecule has 0 saturated carbocycles. The monoisotopic (exact) mass is 461 g/mol. The van der Waals surface area contributed by atoms with Crippen molar-refractivity contribution in [1.82, 2.24) is 0 Å². The summed E-state index contributed by atoms with van der Waals surface area (Å²) in [5.74, 6) is 0.272. The summed E-state index contributed by atoms with van der Waals surface area (Å²) >= 11 is 0. The third kappa shape index (κ3) is 4.93. The van der Waals surface area contributed by atoms with Crippen LogP contribution < -0.4 is 10.1 Å². The maximum atomic E-state index is 14.7. The fourth-order valence-corrected chi connectivity index (χ4v) is 5.02. The van der Waals surface area contributed by atoms with Gasteiger partial charge in [-0.05, 0) is 103 Å². The van der Waals surface area contributed by atoms with Crippen molar-refractivity contribution in [3.05, 3.63) is 82.2 Å². The van der Waals surface area contributed by atoms with Gasteiger partial charge in [0.2, 0.25) is 0 Å². The lowest BCUT2D eigenvalue weighted by molar-refractivity contribution is -0.143. The van der Waals surface area contributed by atoms with E-state index in [0.29, 0.717) is 18.6 Å². The number of nitrogens with one attached hydrogen (secondary N) is 1. The molecule has 5 heteroatoms. The molecule has 0 saturated heterocycles. The highest BCUT2D eigenvalue weighted by atomic mass is 19.1. The predicted octanol–water partition coefficient (Wildman–Crippen LogP) is 6.71. The molecule has 1 N–H and O–H groups in total. The van der Waals surface area contributed by atoms with Crippen LogP contribution in [0.1, 0.15) is 53.6 Å². The second-order valence-electron chi connectivity index (χ2n) is 8.86. The number of ether oxygens (including phenoxy) is 2. The van der Waals surface area contributed by atoms with E-state index < -0.39 is 0 Å². The van der Waals surface area contributed by atoms with Gasteiger partial charge >= 0.3 is 5.97 Å². The Balaban J connectivity index is 1.54. The zero-order valence-corrected chi connectivity index (χ0v) is 20.3. The summed E-state index contributed by atoms with van der Waals surface area (Å²) in [7, 11) is 1.69. The number of halogens is 1. The lowest BCUT2D eigenvalue weighted by atomic mass is 9.90. The van der Waals surface area contributed by atoms with Crippen LogP contribution in [-0.4, -0.2) is 19.7 Å². The summed E-state index contributed by atoms with van der Waals surface area (Å²) in [4.78, 5) is 11.6. The molecule has 0 aromatic heterocycles. The van der Waals surface area contributed by atoms with Gasteiger partial charge in [0.25, 0.3) is 0 Å². The van der Waals surface area contributed by atoms with Gasteiger partial charge in [-0.15, -0.1) is 0 Å². The second-order valence-corrected chi connectivity index (χ2v) is 8.86. The first-order valence-electron chi connectivity index (χ1n) is 11.9. The zero-order chi connectivity index (χ0) is 24.2. The van der Waals surface area contributed by atoms with Gasteiger partial charge in [0.05, 0.1) is 19.8 Å². The highest BCUT2D eigenvalue weighted by Gasteiger charge is 2.26. The van der Waals surface area contributed by atoms with Gasteiger partial charge in [0.15, 0.2) is 0 Å². The van der Waals surface area contributed by atoms with Gasteiger partial charge in [-0.3, -0.25) is 4.79 Å². The van der Waals surface area contributed by atoms with E-state index in [9.17, 15) is 9.18 Å². The number of hydrogen-bond acceptors (Lipinski definition) is 4. The molecule has 0 heterocycles. The van der Waals surface area contributed by atoms with Crippen LogP contribution in [0.25, 0.3) is 11.1 Å². The molecule has 1 unspecified atom stereocenters. The summed E-state index contributed by atoms with van der Waals surface area (Å²) in [6.07, 6.45) is 2.43. The van der Waals surface area contributed by atoms with Crippen molar-refractivity contribution in [3.63, 3.8) is 0 Å². The standard InChI is InChI=1S/C29H32FNO3/c1-5-34-28(32)14-10-20-9-11-21(17-26(20)30)31-27-13-12-23-24(27)7-6-8-25(23)29-18(2)15-22(33-4)16-19(29)3/h6-9,11,15-17,27,31H,5,10,12-14H2,1-4H3. The average Bonchev–Trinajstić information content (AvgIpc) is 3.21. The fraction of sp³-hybridized carbons (Fsp3) is 0.345. The molecular weight excluding hydrogens is 429 g/mol. The quantitative estimate of drug-likeness (QED) is 0.379. The number of anilines is 1. The van der Waals surface area contributed by atoms with Crippen LogP contribution in [0.4, 0.5) is 10.1 Å². The minimum Gasteiger partial charge on any atom is -0.497 e. The van der Waals surface area contributed by atoms with Crippen LogP contribution in [0.15, 0.2) is 48.5 Å². The largest absolute Gasteiger partial charge is 0.497 e. The van der Waals surface area contributed by atoms with E-state index in [0.717, 1.165) is 24.3 Å². The molecule has 4 nitrogen and oxygen atoms in total. The molecule has 0 amide bonds. The number of methoxy groups -OCH3 is 1. The van der Waals surface area contributed by atoms with Gasteiger partial charge in [-0.1, -0.05) is 24.3 Å². The van der Waals surface area contributed by atoms with E-state index in [1.54, 1.807) is 20.1 Å². The highest BCUT2D eigenvalue weighted by Crippen LogP contribution is 2.42. The number of carbonyl (C=O) groups is 1. The SMILES string of the molecule is CCOC(=O)CCc1ccc(NC2CCc3c(-c4c(C)cc(OC)cc4C)cccc32)cc1F. The number of benzene rings is 3. The van der Waals surface area contributed by atoms with E-state index in [1.807, 2.05) is 6.07 Å². The van der Waals surface area contributed by atoms with Gasteiger partial charge in [0, 0.05) is 12.1 Å². The molecule has 1 atom stereocenters. The molecule has 0 spiro atoms. The minimum absolute atomic E-state index is 0.124. The van der Waals surface area contributed by atoms with E-state index in [1.165, 1.54) is 39.4 Å². The lowest BCUT2D eigenvalue weighted by Crippen LogP contribution is -2.08. The molecule has 178 valence electrons. The van der Waals surface area contributed by atoms with E-state index in [-0.39, 0.29) is 24.2 Å². The van der Waals surface area contributed by atoms with E-state index in [2.05, 4.69) is 49.5 Å². The topological polar surface area (TPSA) is 47.6 Å². The molecule has 1 aliphatic carbocycles. The molecule has 3 aromatic rings. The Bertz CT molecular complexity index is 1180. The number of aryl methyl sites for hydroxylation is 3. The summed E-state index contributed by atoms with van der Waals surface area (Å²) < 4.78 is 25.1. The van der Waals surface area contributed by atoms with Gasteiger partial charge in [-0.2, -0.15) is 0 Å². The highest BCUT2D eigenvalue weighted by molar-refractivity contribution is 5.76. The van der Waals surface area contributed by atoms with E-state index in [4.69, 9.17) is 9.47 Å². The third-order valence-corrected chi connectivity index (χ3v) is 6.58. The third-order valence-electron chi connectivity index (χ3n) is 6.58. The minimum atomic E-state index is -0.301. The van der Waals surface area contributed by atoms with Gasteiger partial charge in [-0.25, -0.2) is 4.39 Å². The molecule has 34 heavy (non-hydrogen) atoms. The summed E-state index contributed by atoms with van der Waals surface area (Å²) in [5.41, 5.74) is 8.80. The van der Waals surface area contributed by atoms with Crippen molar-refractivity contribution in [3.8, 4) is 16.9 Å². The number of fused-ring (bicyclic) bond motifs is 1. The Hall–Kier alpha value is -3.34. The van der Waals surface area contributed by atoms with Crippen molar-refractivity contribution in [2.75, 3.05) is 19.0 Å². The van der Waals surface area contributed by atoms with Gasteiger partial charge < -0.3 is 14.8 Å². The Morgan fingerprint density at radius 3 is 2.56 bits per heavy atom. The van der Waals surface area contributed by atoms with Gasteiger partial charge in [0.1, 0.15) is 11.6 Å². The lowest BCUT2D eigenvalue weighted by Gasteiger charge is -2.19. The predicted molar refractivity (Wildman–Crippen MR) is 134 cm³/mol. The maximum absolute atomic E-state index is 14.7. The van der Waals surface area contributed by atoms with Crippen LogP contribution >= 0.6 is 0 Å². The second kappa shape index (κ2) is 10.3. The summed E-state index contributed by atoms with van der Waals surface area (Å²) in [6.45, 7) is 6.36. The van der Waals surface area contributed by atoms with Crippen molar-refractivity contribution in [1.29, 1.82) is 0 Å². The molecule has 4 rings (SSSR count). The first-order chi connectivity index (χ1) is 16.4. The molecule has 0 aliphatic heterocycles. The Morgan fingerprint density at radius 2 is 1.88 bits per heavy atom. The number of hydrogen-bond donors (Lipinski definition) is 1. The normalized spacial score (nSPS) is 14.6. The first kappa shape index (κ1) is 23.8. The maximum Gasteiger partial charge on any atom is 0.306 e. The number of rotatable bonds is 8.